The maximum Gasteiger partial charge on any atom is 0.277 e. The molecule has 0 aromatic heterocycles. The van der Waals surface area contributed by atoms with Gasteiger partial charge < -0.3 is 4.74 Å². The van der Waals surface area contributed by atoms with Crippen molar-refractivity contribution < 1.29 is 9.53 Å². The van der Waals surface area contributed by atoms with Crippen LogP contribution >= 0.6 is 0 Å². The summed E-state index contributed by atoms with van der Waals surface area (Å²) >= 11 is 0. The van der Waals surface area contributed by atoms with Crippen molar-refractivity contribution in [2.75, 3.05) is 6.61 Å². The second kappa shape index (κ2) is 9.59. The van der Waals surface area contributed by atoms with E-state index >= 15 is 0 Å². The molecule has 0 radical (unpaired) electrons. The summed E-state index contributed by atoms with van der Waals surface area (Å²) < 4.78 is 5.55. The molecule has 0 heterocycles. The van der Waals surface area contributed by atoms with Crippen molar-refractivity contribution in [3.8, 4) is 5.75 Å². The molecule has 0 bridgehead atoms. The second-order valence-electron chi connectivity index (χ2n) is 8.47. The van der Waals surface area contributed by atoms with E-state index < -0.39 is 0 Å². The largest absolute Gasteiger partial charge is 0.484 e. The number of nitrogens with zero attached hydrogens (tertiary/aromatic N) is 1. The van der Waals surface area contributed by atoms with Crippen molar-refractivity contribution in [1.29, 1.82) is 0 Å². The number of amides is 1. The van der Waals surface area contributed by atoms with Crippen LogP contribution in [0.2, 0.25) is 0 Å². The highest BCUT2D eigenvalue weighted by atomic mass is 16.5. The lowest BCUT2D eigenvalue weighted by Gasteiger charge is -2.19. The number of rotatable bonds is 8. The van der Waals surface area contributed by atoms with Crippen LogP contribution < -0.4 is 10.2 Å². The Morgan fingerprint density at radius 2 is 1.56 bits per heavy atom. The lowest BCUT2D eigenvalue weighted by molar-refractivity contribution is -0.123. The molecule has 0 aliphatic heterocycles. The predicted molar refractivity (Wildman–Crippen MR) is 105 cm³/mol. The van der Waals surface area contributed by atoms with Crippen molar-refractivity contribution in [1.82, 2.24) is 5.43 Å². The Kier molecular flexibility index (Phi) is 8.14. The average Bonchev–Trinajstić information content (AvgIpc) is 2.49. The fourth-order valence-electron chi connectivity index (χ4n) is 2.49. The molecule has 0 saturated carbocycles. The summed E-state index contributed by atoms with van der Waals surface area (Å²) in [5.41, 5.74) is 5.00. The van der Waals surface area contributed by atoms with Crippen LogP contribution in [0, 0.1) is 11.8 Å². The smallest absolute Gasteiger partial charge is 0.277 e. The van der Waals surface area contributed by atoms with Crippen molar-refractivity contribution in [3.63, 3.8) is 0 Å². The monoisotopic (exact) mass is 346 g/mol. The minimum Gasteiger partial charge on any atom is -0.484 e. The molecule has 0 saturated heterocycles. The van der Waals surface area contributed by atoms with Crippen LogP contribution in [0.4, 0.5) is 0 Å². The van der Waals surface area contributed by atoms with Gasteiger partial charge in [0.25, 0.3) is 5.91 Å². The maximum atomic E-state index is 12.0. The number of ether oxygens (including phenoxy) is 1. The van der Waals surface area contributed by atoms with E-state index in [0.717, 1.165) is 18.6 Å². The van der Waals surface area contributed by atoms with E-state index in [0.29, 0.717) is 17.6 Å². The van der Waals surface area contributed by atoms with Crippen LogP contribution in [0.5, 0.6) is 5.75 Å². The van der Waals surface area contributed by atoms with E-state index in [1.807, 2.05) is 24.3 Å². The Bertz CT molecular complexity index is 555. The first-order chi connectivity index (χ1) is 11.6. The highest BCUT2D eigenvalue weighted by Crippen LogP contribution is 2.24. The molecule has 0 fully saturated rings. The zero-order chi connectivity index (χ0) is 19.0. The van der Waals surface area contributed by atoms with Crippen LogP contribution in [-0.2, 0) is 10.2 Å². The van der Waals surface area contributed by atoms with E-state index in [-0.39, 0.29) is 17.9 Å². The van der Waals surface area contributed by atoms with Crippen LogP contribution in [0.25, 0.3) is 0 Å². The molecule has 0 spiro atoms. The Morgan fingerprint density at radius 3 is 2.00 bits per heavy atom. The molecule has 4 heteroatoms. The average molecular weight is 347 g/mol. The van der Waals surface area contributed by atoms with Gasteiger partial charge in [-0.2, -0.15) is 5.10 Å². The van der Waals surface area contributed by atoms with Crippen molar-refractivity contribution in [2.45, 2.75) is 66.7 Å². The number of nitrogens with one attached hydrogen (secondary N) is 1. The molecule has 1 aromatic rings. The normalized spacial score (nSPS) is 11.6. The molecule has 1 aromatic carbocycles. The Balaban J connectivity index is 2.54. The third-order valence-corrected chi connectivity index (χ3v) is 3.72. The molecule has 0 aliphatic rings. The molecule has 140 valence electrons. The Morgan fingerprint density at radius 1 is 1.04 bits per heavy atom. The number of carbonyl (C=O) groups is 1. The molecule has 0 unspecified atom stereocenters. The first kappa shape index (κ1) is 21.2. The first-order valence-electron chi connectivity index (χ1n) is 9.15. The highest BCUT2D eigenvalue weighted by Gasteiger charge is 2.13. The first-order valence-corrected chi connectivity index (χ1v) is 9.15. The zero-order valence-electron chi connectivity index (χ0n) is 16.8. The number of hydrogen-bond acceptors (Lipinski definition) is 3. The Labute approximate surface area is 153 Å². The summed E-state index contributed by atoms with van der Waals surface area (Å²) in [6, 6.07) is 7.88. The van der Waals surface area contributed by atoms with Crippen molar-refractivity contribution >= 4 is 11.6 Å². The number of carbonyl (C=O) groups excluding carboxylic acids is 1. The molecule has 0 aliphatic carbocycles. The van der Waals surface area contributed by atoms with Crippen LogP contribution in [0.1, 0.15) is 66.9 Å². The van der Waals surface area contributed by atoms with Gasteiger partial charge in [-0.25, -0.2) is 5.43 Å². The van der Waals surface area contributed by atoms with E-state index in [4.69, 9.17) is 4.74 Å². The van der Waals surface area contributed by atoms with Gasteiger partial charge in [-0.05, 0) is 47.8 Å². The topological polar surface area (TPSA) is 50.7 Å². The van der Waals surface area contributed by atoms with Gasteiger partial charge in [-0.3, -0.25) is 4.79 Å². The third-order valence-electron chi connectivity index (χ3n) is 3.72. The molecular weight excluding hydrogens is 312 g/mol. The third kappa shape index (κ3) is 8.71. The summed E-state index contributed by atoms with van der Waals surface area (Å²) in [6.45, 7) is 15.1. The van der Waals surface area contributed by atoms with E-state index in [9.17, 15) is 4.79 Å². The number of benzene rings is 1. The minimum absolute atomic E-state index is 0.0327. The van der Waals surface area contributed by atoms with Gasteiger partial charge in [-0.1, -0.05) is 60.6 Å². The molecule has 1 rings (SSSR count). The zero-order valence-corrected chi connectivity index (χ0v) is 16.8. The number of hydrazone groups is 1. The van der Waals surface area contributed by atoms with E-state index in [1.165, 1.54) is 5.56 Å². The maximum absolute atomic E-state index is 12.0. The SMILES string of the molecule is CC(C)CC(CC(C)C)=NNC(=O)COc1ccc(C(C)(C)C)cc1. The summed E-state index contributed by atoms with van der Waals surface area (Å²) in [6.07, 6.45) is 1.79. The van der Waals surface area contributed by atoms with Gasteiger partial charge in [0.2, 0.25) is 0 Å². The van der Waals surface area contributed by atoms with Gasteiger partial charge in [0.05, 0.1) is 0 Å². The molecule has 1 N–H and O–H groups in total. The van der Waals surface area contributed by atoms with Crippen LogP contribution in [0.15, 0.2) is 29.4 Å². The van der Waals surface area contributed by atoms with Crippen molar-refractivity contribution in [2.24, 2.45) is 16.9 Å². The molecule has 25 heavy (non-hydrogen) atoms. The Hall–Kier alpha value is -1.84. The van der Waals surface area contributed by atoms with Gasteiger partial charge in [0.15, 0.2) is 6.61 Å². The number of hydrogen-bond donors (Lipinski definition) is 1. The van der Waals surface area contributed by atoms with Gasteiger partial charge >= 0.3 is 0 Å². The summed E-state index contributed by atoms with van der Waals surface area (Å²) in [4.78, 5) is 12.0. The lowest BCUT2D eigenvalue weighted by atomic mass is 9.87. The standard InChI is InChI=1S/C21H34N2O2/c1-15(2)12-18(13-16(3)4)22-23-20(24)14-25-19-10-8-17(9-11-19)21(5,6)7/h8-11,15-16H,12-14H2,1-7H3,(H,23,24). The highest BCUT2D eigenvalue weighted by molar-refractivity contribution is 5.87. The fraction of sp³-hybridized carbons (Fsp3) is 0.619. The van der Waals surface area contributed by atoms with E-state index in [1.54, 1.807) is 0 Å². The van der Waals surface area contributed by atoms with Crippen LogP contribution in [-0.4, -0.2) is 18.2 Å². The summed E-state index contributed by atoms with van der Waals surface area (Å²) in [5, 5.41) is 4.30. The lowest BCUT2D eigenvalue weighted by Crippen LogP contribution is -2.26. The quantitative estimate of drug-likeness (QED) is 0.536. The van der Waals surface area contributed by atoms with Gasteiger partial charge in [-0.15, -0.1) is 0 Å². The predicted octanol–water partition coefficient (Wildman–Crippen LogP) is 4.93. The van der Waals surface area contributed by atoms with Gasteiger partial charge in [0.1, 0.15) is 5.75 Å². The minimum atomic E-state index is -0.232. The van der Waals surface area contributed by atoms with E-state index in [2.05, 4.69) is 59.0 Å². The van der Waals surface area contributed by atoms with Crippen molar-refractivity contribution in [3.05, 3.63) is 29.8 Å². The molecule has 4 nitrogen and oxygen atoms in total. The van der Waals surface area contributed by atoms with Crippen LogP contribution in [0.3, 0.4) is 0 Å². The molecule has 1 amide bonds. The molecule has 0 atom stereocenters. The summed E-state index contributed by atoms with van der Waals surface area (Å²) in [5.74, 6) is 1.50. The second-order valence-corrected chi connectivity index (χ2v) is 8.47. The molecular formula is C21H34N2O2. The fourth-order valence-corrected chi connectivity index (χ4v) is 2.49. The summed E-state index contributed by atoms with van der Waals surface area (Å²) in [7, 11) is 0. The van der Waals surface area contributed by atoms with Gasteiger partial charge in [0, 0.05) is 5.71 Å².